The first-order valence-electron chi connectivity index (χ1n) is 9.90. The number of hydrogen-bond donors (Lipinski definition) is 1. The summed E-state index contributed by atoms with van der Waals surface area (Å²) in [7, 11) is 1.59. The van der Waals surface area contributed by atoms with E-state index in [2.05, 4.69) is 22.0 Å². The predicted molar refractivity (Wildman–Crippen MR) is 118 cm³/mol. The summed E-state index contributed by atoms with van der Waals surface area (Å²) >= 11 is 3.44. The maximum absolute atomic E-state index is 12.8. The van der Waals surface area contributed by atoms with Crippen LogP contribution in [0.25, 0.3) is 0 Å². The number of hydrogen-bond acceptors (Lipinski definition) is 6. The molecule has 31 heavy (non-hydrogen) atoms. The zero-order chi connectivity index (χ0) is 22.0. The largest absolute Gasteiger partial charge is 0.496 e. The molecule has 1 heterocycles. The molecule has 2 aromatic rings. The van der Waals surface area contributed by atoms with Crippen molar-refractivity contribution in [2.75, 3.05) is 7.11 Å². The predicted octanol–water partition coefficient (Wildman–Crippen LogP) is 4.85. The maximum Gasteiger partial charge on any atom is 0.205 e. The van der Waals surface area contributed by atoms with Crippen LogP contribution in [-0.2, 0) is 16.1 Å². The van der Waals surface area contributed by atoms with Crippen LogP contribution in [0.2, 0.25) is 0 Å². The van der Waals surface area contributed by atoms with Crippen molar-refractivity contribution in [2.45, 2.75) is 31.8 Å². The Kier molecular flexibility index (Phi) is 6.01. The number of allylic oxidation sites excluding steroid dienone is 3. The number of Topliss-reactive ketones (excluding diaryl/α,β-unsaturated/α-hetero) is 1. The molecule has 0 saturated carbocycles. The highest BCUT2D eigenvalue weighted by atomic mass is 79.9. The number of halogens is 1. The first-order chi connectivity index (χ1) is 15.0. The van der Waals surface area contributed by atoms with Crippen LogP contribution >= 0.6 is 15.9 Å². The molecule has 2 aliphatic rings. The van der Waals surface area contributed by atoms with Crippen LogP contribution in [-0.4, -0.2) is 12.9 Å². The maximum atomic E-state index is 12.8. The monoisotopic (exact) mass is 480 g/mol. The van der Waals surface area contributed by atoms with Gasteiger partial charge < -0.3 is 19.9 Å². The van der Waals surface area contributed by atoms with E-state index in [1.54, 1.807) is 7.11 Å². The van der Waals surface area contributed by atoms with E-state index in [1.165, 1.54) is 0 Å². The number of carbonyl (C=O) groups is 1. The van der Waals surface area contributed by atoms with Gasteiger partial charge in [0, 0.05) is 28.5 Å². The molecule has 2 aromatic carbocycles. The smallest absolute Gasteiger partial charge is 0.205 e. The Morgan fingerprint density at radius 3 is 2.84 bits per heavy atom. The highest BCUT2D eigenvalue weighted by Gasteiger charge is 2.38. The van der Waals surface area contributed by atoms with Crippen LogP contribution in [0.15, 0.2) is 69.7 Å². The third-order valence-corrected chi connectivity index (χ3v) is 5.93. The summed E-state index contributed by atoms with van der Waals surface area (Å²) < 4.78 is 18.0. The van der Waals surface area contributed by atoms with Crippen LogP contribution in [0.1, 0.15) is 36.3 Å². The molecular weight excluding hydrogens is 460 g/mol. The standard InChI is InChI=1S/C24H21BrN2O4/c1-29-20-9-8-14(10-15(20)13-30-17-5-2-4-16(25)11-17)22-18(12-26)24(27)31-21-7-3-6-19(28)23(21)22/h2,4-5,8-11,22H,3,6-7,13,27H2,1H3/t22-/m1/s1. The van der Waals surface area contributed by atoms with Gasteiger partial charge in [0.25, 0.3) is 0 Å². The SMILES string of the molecule is COc1ccc([C@@H]2C(C#N)=C(N)OC3=C2C(=O)CCC3)cc1COc1cccc(Br)c1. The fourth-order valence-corrected chi connectivity index (χ4v) is 4.38. The zero-order valence-corrected chi connectivity index (χ0v) is 18.6. The van der Waals surface area contributed by atoms with E-state index >= 15 is 0 Å². The van der Waals surface area contributed by atoms with Crippen molar-refractivity contribution in [3.05, 3.63) is 80.9 Å². The summed E-state index contributed by atoms with van der Waals surface area (Å²) in [5.74, 6) is 1.43. The molecule has 0 saturated heterocycles. The molecule has 1 atom stereocenters. The number of rotatable bonds is 5. The van der Waals surface area contributed by atoms with E-state index < -0.39 is 5.92 Å². The molecule has 2 N–H and O–H groups in total. The summed E-state index contributed by atoms with van der Waals surface area (Å²) in [5, 5.41) is 9.76. The molecule has 1 aliphatic carbocycles. The normalized spacial score (nSPS) is 18.2. The van der Waals surface area contributed by atoms with Gasteiger partial charge in [0.2, 0.25) is 5.88 Å². The average Bonchev–Trinajstić information content (AvgIpc) is 2.77. The number of ketones is 1. The van der Waals surface area contributed by atoms with Crippen molar-refractivity contribution < 1.29 is 19.0 Å². The van der Waals surface area contributed by atoms with Crippen LogP contribution < -0.4 is 15.2 Å². The summed E-state index contributed by atoms with van der Waals surface area (Å²) in [5.41, 5.74) is 8.40. The number of nitrogens with zero attached hydrogens (tertiary/aromatic N) is 1. The molecule has 0 spiro atoms. The van der Waals surface area contributed by atoms with Crippen molar-refractivity contribution in [1.82, 2.24) is 0 Å². The van der Waals surface area contributed by atoms with E-state index in [9.17, 15) is 10.1 Å². The van der Waals surface area contributed by atoms with Gasteiger partial charge in [-0.15, -0.1) is 0 Å². The fraction of sp³-hybridized carbons (Fsp3) is 0.250. The third kappa shape index (κ3) is 4.17. The van der Waals surface area contributed by atoms with Gasteiger partial charge in [0.15, 0.2) is 5.78 Å². The van der Waals surface area contributed by atoms with Crippen LogP contribution in [0.3, 0.4) is 0 Å². The molecule has 0 radical (unpaired) electrons. The summed E-state index contributed by atoms with van der Waals surface area (Å²) in [4.78, 5) is 12.8. The van der Waals surface area contributed by atoms with E-state index in [0.29, 0.717) is 42.1 Å². The van der Waals surface area contributed by atoms with E-state index in [4.69, 9.17) is 19.9 Å². The van der Waals surface area contributed by atoms with Crippen LogP contribution in [0.5, 0.6) is 11.5 Å². The quantitative estimate of drug-likeness (QED) is 0.656. The Morgan fingerprint density at radius 2 is 2.10 bits per heavy atom. The van der Waals surface area contributed by atoms with Crippen LogP contribution in [0.4, 0.5) is 0 Å². The number of benzene rings is 2. The highest BCUT2D eigenvalue weighted by Crippen LogP contribution is 2.44. The zero-order valence-electron chi connectivity index (χ0n) is 17.0. The van der Waals surface area contributed by atoms with E-state index in [0.717, 1.165) is 15.6 Å². The second kappa shape index (κ2) is 8.86. The molecule has 1 aliphatic heterocycles. The minimum Gasteiger partial charge on any atom is -0.496 e. The molecule has 0 fully saturated rings. The molecule has 0 unspecified atom stereocenters. The summed E-state index contributed by atoms with van der Waals surface area (Å²) in [6.45, 7) is 0.262. The van der Waals surface area contributed by atoms with Gasteiger partial charge in [-0.3, -0.25) is 4.79 Å². The molecule has 7 heteroatoms. The number of nitrogens with two attached hydrogens (primary N) is 1. The Labute approximate surface area is 189 Å². The van der Waals surface area contributed by atoms with Crippen LogP contribution in [0, 0.1) is 11.3 Å². The van der Waals surface area contributed by atoms with Gasteiger partial charge in [-0.2, -0.15) is 5.26 Å². The molecule has 4 rings (SSSR count). The van der Waals surface area contributed by atoms with E-state index in [-0.39, 0.29) is 23.8 Å². The van der Waals surface area contributed by atoms with Gasteiger partial charge in [-0.25, -0.2) is 0 Å². The Balaban J connectivity index is 1.73. The van der Waals surface area contributed by atoms with Crippen molar-refractivity contribution >= 4 is 21.7 Å². The minimum absolute atomic E-state index is 0.00532. The molecule has 0 aromatic heterocycles. The van der Waals surface area contributed by atoms with Crippen molar-refractivity contribution in [1.29, 1.82) is 5.26 Å². The molecule has 158 valence electrons. The second-order valence-corrected chi connectivity index (χ2v) is 8.27. The first kappa shape index (κ1) is 21.0. The number of methoxy groups -OCH3 is 1. The molecule has 0 amide bonds. The van der Waals surface area contributed by atoms with Gasteiger partial charge in [0.05, 0.1) is 13.0 Å². The summed E-state index contributed by atoms with van der Waals surface area (Å²) in [6, 6.07) is 15.3. The van der Waals surface area contributed by atoms with Gasteiger partial charge in [-0.05, 0) is 42.3 Å². The van der Waals surface area contributed by atoms with Crippen molar-refractivity contribution in [3.63, 3.8) is 0 Å². The lowest BCUT2D eigenvalue weighted by atomic mass is 9.77. The lowest BCUT2D eigenvalue weighted by Gasteiger charge is -2.31. The Morgan fingerprint density at radius 1 is 1.26 bits per heavy atom. The second-order valence-electron chi connectivity index (χ2n) is 7.36. The average molecular weight is 481 g/mol. The molecule has 0 bridgehead atoms. The molecular formula is C24H21BrN2O4. The number of nitriles is 1. The third-order valence-electron chi connectivity index (χ3n) is 5.43. The highest BCUT2D eigenvalue weighted by molar-refractivity contribution is 9.10. The number of ether oxygens (including phenoxy) is 3. The number of carbonyl (C=O) groups excluding carboxylic acids is 1. The van der Waals surface area contributed by atoms with Gasteiger partial charge >= 0.3 is 0 Å². The minimum atomic E-state index is -0.558. The topological polar surface area (TPSA) is 94.6 Å². The van der Waals surface area contributed by atoms with Crippen molar-refractivity contribution in [3.8, 4) is 17.6 Å². The lowest BCUT2D eigenvalue weighted by molar-refractivity contribution is -0.116. The van der Waals surface area contributed by atoms with Gasteiger partial charge in [-0.1, -0.05) is 28.1 Å². The first-order valence-corrected chi connectivity index (χ1v) is 10.7. The van der Waals surface area contributed by atoms with Crippen molar-refractivity contribution in [2.24, 2.45) is 5.73 Å². The lowest BCUT2D eigenvalue weighted by Crippen LogP contribution is -2.27. The Hall–Kier alpha value is -3.24. The summed E-state index contributed by atoms with van der Waals surface area (Å²) in [6.07, 6.45) is 1.78. The Bertz CT molecular complexity index is 1150. The van der Waals surface area contributed by atoms with E-state index in [1.807, 2.05) is 42.5 Å². The molecule has 6 nitrogen and oxygen atoms in total. The fourth-order valence-electron chi connectivity index (χ4n) is 4.00. The van der Waals surface area contributed by atoms with Gasteiger partial charge in [0.1, 0.15) is 35.5 Å².